The average molecular weight is 133 g/mol. The van der Waals surface area contributed by atoms with Crippen LogP contribution in [0.25, 0.3) is 0 Å². The van der Waals surface area contributed by atoms with Gasteiger partial charge in [-0.1, -0.05) is 0 Å². The van der Waals surface area contributed by atoms with Crippen LogP contribution in [0.3, 0.4) is 0 Å². The van der Waals surface area contributed by atoms with Crippen molar-refractivity contribution in [2.75, 3.05) is 7.05 Å². The highest BCUT2D eigenvalue weighted by atomic mass is 16.7. The van der Waals surface area contributed by atoms with Gasteiger partial charge in [0.2, 0.25) is 0 Å². The van der Waals surface area contributed by atoms with Crippen molar-refractivity contribution in [1.82, 2.24) is 5.48 Å². The van der Waals surface area contributed by atoms with Gasteiger partial charge in [0.25, 0.3) is 0 Å². The Balaban J connectivity index is 3.85. The van der Waals surface area contributed by atoms with Crippen molar-refractivity contribution in [3.05, 3.63) is 0 Å². The molecule has 0 unspecified atom stereocenters. The van der Waals surface area contributed by atoms with E-state index in [0.29, 0.717) is 0 Å². The SMILES string of the molecule is CNOC(C)(C)C(=O)O. The zero-order valence-corrected chi connectivity index (χ0v) is 5.76. The Morgan fingerprint density at radius 2 is 2.11 bits per heavy atom. The number of carboxylic acid groups (broad SMARTS) is 1. The Morgan fingerprint density at radius 3 is 2.22 bits per heavy atom. The van der Waals surface area contributed by atoms with E-state index in [4.69, 9.17) is 5.11 Å². The fourth-order valence-electron chi connectivity index (χ4n) is 0.299. The summed E-state index contributed by atoms with van der Waals surface area (Å²) in [5, 5.41) is 8.41. The Labute approximate surface area is 53.8 Å². The van der Waals surface area contributed by atoms with Gasteiger partial charge in [0.1, 0.15) is 0 Å². The fraction of sp³-hybridized carbons (Fsp3) is 0.800. The number of nitrogens with one attached hydrogen (secondary N) is 1. The molecule has 9 heavy (non-hydrogen) atoms. The molecule has 0 aromatic rings. The summed E-state index contributed by atoms with van der Waals surface area (Å²) >= 11 is 0. The number of hydrogen-bond donors (Lipinski definition) is 2. The van der Waals surface area contributed by atoms with Crippen LogP contribution in [0.5, 0.6) is 0 Å². The zero-order valence-electron chi connectivity index (χ0n) is 5.76. The second-order valence-corrected chi connectivity index (χ2v) is 2.12. The van der Waals surface area contributed by atoms with Gasteiger partial charge in [-0.05, 0) is 13.8 Å². The summed E-state index contributed by atoms with van der Waals surface area (Å²) in [7, 11) is 1.52. The lowest BCUT2D eigenvalue weighted by molar-refractivity contribution is -0.169. The number of carbonyl (C=O) groups is 1. The summed E-state index contributed by atoms with van der Waals surface area (Å²) in [4.78, 5) is 14.9. The summed E-state index contributed by atoms with van der Waals surface area (Å²) < 4.78 is 0. The molecule has 0 amide bonds. The standard InChI is InChI=1S/C5H11NO3/c1-5(2,4(7)8)9-6-3/h6H,1-3H3,(H,7,8). The molecule has 0 aromatic heterocycles. The van der Waals surface area contributed by atoms with Crippen molar-refractivity contribution in [3.63, 3.8) is 0 Å². The minimum Gasteiger partial charge on any atom is -0.479 e. The van der Waals surface area contributed by atoms with E-state index >= 15 is 0 Å². The molecule has 0 aliphatic carbocycles. The number of carboxylic acids is 1. The van der Waals surface area contributed by atoms with Gasteiger partial charge >= 0.3 is 5.97 Å². The van der Waals surface area contributed by atoms with Crippen LogP contribution in [-0.2, 0) is 9.63 Å². The van der Waals surface area contributed by atoms with Crippen LogP contribution in [0.4, 0.5) is 0 Å². The molecule has 0 heterocycles. The first-order chi connectivity index (χ1) is 4.00. The average Bonchev–Trinajstić information content (AvgIpc) is 1.65. The van der Waals surface area contributed by atoms with E-state index in [0.717, 1.165) is 0 Å². The van der Waals surface area contributed by atoms with Crippen LogP contribution < -0.4 is 5.48 Å². The van der Waals surface area contributed by atoms with Crippen LogP contribution in [0, 0.1) is 0 Å². The van der Waals surface area contributed by atoms with Gasteiger partial charge in [-0.2, -0.15) is 0 Å². The zero-order chi connectivity index (χ0) is 7.49. The fourth-order valence-corrected chi connectivity index (χ4v) is 0.299. The van der Waals surface area contributed by atoms with Crippen LogP contribution >= 0.6 is 0 Å². The molecule has 0 saturated heterocycles. The highest BCUT2D eigenvalue weighted by Crippen LogP contribution is 2.05. The van der Waals surface area contributed by atoms with Gasteiger partial charge in [0.15, 0.2) is 5.60 Å². The van der Waals surface area contributed by atoms with Crippen LogP contribution in [-0.4, -0.2) is 23.7 Å². The third-order valence-electron chi connectivity index (χ3n) is 0.872. The largest absolute Gasteiger partial charge is 0.479 e. The monoisotopic (exact) mass is 133 g/mol. The Kier molecular flexibility index (Phi) is 2.61. The molecule has 54 valence electrons. The van der Waals surface area contributed by atoms with E-state index in [1.807, 2.05) is 0 Å². The Bertz CT molecular complexity index is 111. The van der Waals surface area contributed by atoms with Crippen LogP contribution in [0.15, 0.2) is 0 Å². The van der Waals surface area contributed by atoms with Gasteiger partial charge in [-0.3, -0.25) is 4.84 Å². The quantitative estimate of drug-likeness (QED) is 0.532. The number of hydroxylamine groups is 1. The first-order valence-corrected chi connectivity index (χ1v) is 2.59. The molecular formula is C5H11NO3. The maximum Gasteiger partial charge on any atom is 0.337 e. The minimum atomic E-state index is -1.14. The third-order valence-corrected chi connectivity index (χ3v) is 0.872. The van der Waals surface area contributed by atoms with E-state index < -0.39 is 11.6 Å². The molecule has 0 aliphatic rings. The molecule has 4 nitrogen and oxygen atoms in total. The predicted octanol–water partition coefficient (Wildman–Crippen LogP) is 0.000600. The molecule has 0 aliphatic heterocycles. The smallest absolute Gasteiger partial charge is 0.337 e. The van der Waals surface area contributed by atoms with Crippen LogP contribution in [0.1, 0.15) is 13.8 Å². The van der Waals surface area contributed by atoms with Crippen molar-refractivity contribution in [3.8, 4) is 0 Å². The predicted molar refractivity (Wildman–Crippen MR) is 31.9 cm³/mol. The van der Waals surface area contributed by atoms with E-state index in [1.54, 1.807) is 0 Å². The van der Waals surface area contributed by atoms with Gasteiger partial charge in [-0.15, -0.1) is 0 Å². The molecule has 0 fully saturated rings. The molecular weight excluding hydrogens is 122 g/mol. The second kappa shape index (κ2) is 2.80. The van der Waals surface area contributed by atoms with Gasteiger partial charge < -0.3 is 5.11 Å². The van der Waals surface area contributed by atoms with E-state index in [-0.39, 0.29) is 0 Å². The molecule has 0 bridgehead atoms. The molecule has 0 saturated carbocycles. The van der Waals surface area contributed by atoms with E-state index in [9.17, 15) is 4.79 Å². The Hall–Kier alpha value is -0.610. The van der Waals surface area contributed by atoms with Gasteiger partial charge in [0.05, 0.1) is 0 Å². The molecule has 0 atom stereocenters. The lowest BCUT2D eigenvalue weighted by Crippen LogP contribution is -2.38. The third kappa shape index (κ3) is 2.43. The summed E-state index contributed by atoms with van der Waals surface area (Å²) in [5.74, 6) is -0.989. The molecule has 0 rings (SSSR count). The number of rotatable bonds is 3. The molecule has 0 aromatic carbocycles. The van der Waals surface area contributed by atoms with Crippen molar-refractivity contribution in [2.45, 2.75) is 19.4 Å². The first-order valence-electron chi connectivity index (χ1n) is 2.59. The maximum absolute atomic E-state index is 10.2. The minimum absolute atomic E-state index is 0.989. The second-order valence-electron chi connectivity index (χ2n) is 2.12. The highest BCUT2D eigenvalue weighted by molar-refractivity contribution is 5.76. The summed E-state index contributed by atoms with van der Waals surface area (Å²) in [6.07, 6.45) is 0. The normalized spacial score (nSPS) is 11.4. The maximum atomic E-state index is 10.2. The van der Waals surface area contributed by atoms with Crippen molar-refractivity contribution in [1.29, 1.82) is 0 Å². The van der Waals surface area contributed by atoms with Crippen molar-refractivity contribution < 1.29 is 14.7 Å². The van der Waals surface area contributed by atoms with Gasteiger partial charge in [-0.25, -0.2) is 10.3 Å². The molecule has 0 spiro atoms. The highest BCUT2D eigenvalue weighted by Gasteiger charge is 2.27. The lowest BCUT2D eigenvalue weighted by atomic mass is 10.1. The number of hydrogen-bond acceptors (Lipinski definition) is 3. The first kappa shape index (κ1) is 8.39. The van der Waals surface area contributed by atoms with Crippen molar-refractivity contribution in [2.24, 2.45) is 0 Å². The topological polar surface area (TPSA) is 58.6 Å². The van der Waals surface area contributed by atoms with Crippen molar-refractivity contribution >= 4 is 5.97 Å². The molecule has 0 radical (unpaired) electrons. The van der Waals surface area contributed by atoms with Gasteiger partial charge in [0, 0.05) is 7.05 Å². The molecule has 2 N–H and O–H groups in total. The van der Waals surface area contributed by atoms with Crippen LogP contribution in [0.2, 0.25) is 0 Å². The summed E-state index contributed by atoms with van der Waals surface area (Å²) in [6, 6.07) is 0. The summed E-state index contributed by atoms with van der Waals surface area (Å²) in [6.45, 7) is 2.93. The number of aliphatic carboxylic acids is 1. The molecule has 4 heteroatoms. The van der Waals surface area contributed by atoms with E-state index in [2.05, 4.69) is 10.3 Å². The lowest BCUT2D eigenvalue weighted by Gasteiger charge is -2.17. The Morgan fingerprint density at radius 1 is 1.67 bits per heavy atom. The van der Waals surface area contributed by atoms with E-state index in [1.165, 1.54) is 20.9 Å². The summed E-state index contributed by atoms with van der Waals surface area (Å²) in [5.41, 5.74) is 1.16.